The molecule has 2 aromatic carbocycles. The Morgan fingerprint density at radius 2 is 1.72 bits per heavy atom. The fraction of sp³-hybridized carbons (Fsp3) is 0.364. The van der Waals surface area contributed by atoms with Crippen LogP contribution in [0.4, 0.5) is 11.4 Å². The summed E-state index contributed by atoms with van der Waals surface area (Å²) in [5.41, 5.74) is 1.15. The lowest BCUT2D eigenvalue weighted by Crippen LogP contribution is -2.28. The highest BCUT2D eigenvalue weighted by Gasteiger charge is 2.36. The van der Waals surface area contributed by atoms with Gasteiger partial charge in [-0.3, -0.25) is 9.59 Å². The summed E-state index contributed by atoms with van der Waals surface area (Å²) in [7, 11) is -3.50. The van der Waals surface area contributed by atoms with Crippen LogP contribution >= 0.6 is 0 Å². The van der Waals surface area contributed by atoms with Crippen LogP contribution in [0.3, 0.4) is 0 Å². The molecule has 0 aliphatic carbocycles. The van der Waals surface area contributed by atoms with Crippen molar-refractivity contribution in [2.45, 2.75) is 24.2 Å². The summed E-state index contributed by atoms with van der Waals surface area (Å²) in [5, 5.41) is 2.80. The largest absolute Gasteiger partial charge is 0.454 e. The van der Waals surface area contributed by atoms with Crippen molar-refractivity contribution >= 4 is 33.2 Å². The van der Waals surface area contributed by atoms with Crippen LogP contribution in [0, 0.1) is 5.92 Å². The highest BCUT2D eigenvalue weighted by Crippen LogP contribution is 2.37. The Bertz CT molecular complexity index is 1160. The molecule has 0 bridgehead atoms. The van der Waals surface area contributed by atoms with Crippen molar-refractivity contribution < 1.29 is 27.5 Å². The van der Waals surface area contributed by atoms with Gasteiger partial charge in [-0.2, -0.15) is 4.31 Å². The smallest absolute Gasteiger partial charge is 0.243 e. The van der Waals surface area contributed by atoms with Gasteiger partial charge in [0, 0.05) is 43.5 Å². The van der Waals surface area contributed by atoms with Gasteiger partial charge in [-0.15, -0.1) is 0 Å². The van der Waals surface area contributed by atoms with Crippen LogP contribution in [-0.2, 0) is 19.6 Å². The molecule has 1 unspecified atom stereocenters. The van der Waals surface area contributed by atoms with Crippen LogP contribution in [0.15, 0.2) is 47.4 Å². The monoisotopic (exact) mass is 457 g/mol. The third-order valence-electron chi connectivity index (χ3n) is 5.99. The molecule has 3 heterocycles. The summed E-state index contributed by atoms with van der Waals surface area (Å²) < 4.78 is 37.4. The molecule has 32 heavy (non-hydrogen) atoms. The van der Waals surface area contributed by atoms with E-state index < -0.39 is 15.9 Å². The van der Waals surface area contributed by atoms with Crippen LogP contribution in [0.25, 0.3) is 0 Å². The Kier molecular flexibility index (Phi) is 5.26. The van der Waals surface area contributed by atoms with Crippen molar-refractivity contribution in [2.75, 3.05) is 36.6 Å². The molecule has 5 rings (SSSR count). The van der Waals surface area contributed by atoms with Crippen LogP contribution in [0.5, 0.6) is 11.5 Å². The number of ether oxygens (including phenoxy) is 2. The summed E-state index contributed by atoms with van der Waals surface area (Å²) >= 11 is 0. The first-order valence-corrected chi connectivity index (χ1v) is 12.0. The van der Waals surface area contributed by atoms with E-state index in [9.17, 15) is 18.0 Å². The molecule has 0 aromatic heterocycles. The van der Waals surface area contributed by atoms with Gasteiger partial charge in [-0.1, -0.05) is 0 Å². The molecule has 3 aliphatic heterocycles. The minimum atomic E-state index is -3.50. The maximum Gasteiger partial charge on any atom is 0.243 e. The lowest BCUT2D eigenvalue weighted by Gasteiger charge is -2.17. The standard InChI is InChI=1S/C22H23N3O6S/c26-21-11-15(13-25(21)17-5-8-19-20(12-17)31-14-30-19)22(27)23-16-3-6-18(7-4-16)32(28,29)24-9-1-2-10-24/h3-8,12,15H,1-2,9-11,13-14H2,(H,23,27). The molecule has 2 aromatic rings. The third kappa shape index (κ3) is 3.80. The van der Waals surface area contributed by atoms with Gasteiger partial charge >= 0.3 is 0 Å². The Morgan fingerprint density at radius 1 is 1.00 bits per heavy atom. The number of carbonyl (C=O) groups is 2. The van der Waals surface area contributed by atoms with E-state index in [0.29, 0.717) is 36.0 Å². The SMILES string of the molecule is O=C(Nc1ccc(S(=O)(=O)N2CCCC2)cc1)C1CC(=O)N(c2ccc3c(c2)OCO3)C1. The zero-order valence-corrected chi connectivity index (χ0v) is 18.1. The average molecular weight is 458 g/mol. The van der Waals surface area contributed by atoms with Gasteiger partial charge in [0.05, 0.1) is 10.8 Å². The van der Waals surface area contributed by atoms with Gasteiger partial charge in [0.1, 0.15) is 0 Å². The number of carbonyl (C=O) groups excluding carboxylic acids is 2. The Morgan fingerprint density at radius 3 is 2.47 bits per heavy atom. The van der Waals surface area contributed by atoms with Crippen molar-refractivity contribution in [3.8, 4) is 11.5 Å². The predicted molar refractivity (Wildman–Crippen MR) is 116 cm³/mol. The molecule has 168 valence electrons. The first kappa shape index (κ1) is 20.8. The number of anilines is 2. The molecule has 1 N–H and O–H groups in total. The van der Waals surface area contributed by atoms with E-state index in [0.717, 1.165) is 12.8 Å². The summed E-state index contributed by atoms with van der Waals surface area (Å²) in [6.45, 7) is 1.48. The first-order chi connectivity index (χ1) is 15.4. The second-order valence-electron chi connectivity index (χ2n) is 8.07. The number of amides is 2. The predicted octanol–water partition coefficient (Wildman–Crippen LogP) is 2.19. The maximum absolute atomic E-state index is 12.8. The van der Waals surface area contributed by atoms with Crippen LogP contribution in [0.2, 0.25) is 0 Å². The molecule has 0 spiro atoms. The zero-order chi connectivity index (χ0) is 22.3. The third-order valence-corrected chi connectivity index (χ3v) is 7.90. The van der Waals surface area contributed by atoms with E-state index in [-0.39, 0.29) is 36.5 Å². The number of fused-ring (bicyclic) bond motifs is 1. The molecule has 3 aliphatic rings. The van der Waals surface area contributed by atoms with E-state index in [2.05, 4.69) is 5.32 Å². The number of benzene rings is 2. The number of hydrogen-bond acceptors (Lipinski definition) is 6. The summed E-state index contributed by atoms with van der Waals surface area (Å²) in [6, 6.07) is 11.4. The lowest BCUT2D eigenvalue weighted by molar-refractivity contribution is -0.122. The molecule has 10 heteroatoms. The number of hydrogen-bond donors (Lipinski definition) is 1. The Hall–Kier alpha value is -3.11. The maximum atomic E-state index is 12.8. The minimum absolute atomic E-state index is 0.0989. The summed E-state index contributed by atoms with van der Waals surface area (Å²) in [5.74, 6) is 0.269. The number of rotatable bonds is 5. The van der Waals surface area contributed by atoms with Gasteiger partial charge in [0.25, 0.3) is 0 Å². The first-order valence-electron chi connectivity index (χ1n) is 10.5. The topological polar surface area (TPSA) is 105 Å². The molecule has 2 fully saturated rings. The second kappa shape index (κ2) is 8.10. The van der Waals surface area contributed by atoms with Gasteiger partial charge < -0.3 is 19.7 Å². The van der Waals surface area contributed by atoms with E-state index in [1.165, 1.54) is 16.4 Å². The quantitative estimate of drug-likeness (QED) is 0.738. The van der Waals surface area contributed by atoms with E-state index in [4.69, 9.17) is 9.47 Å². The Labute approximate surface area is 186 Å². The van der Waals surface area contributed by atoms with Gasteiger partial charge in [-0.25, -0.2) is 8.42 Å². The van der Waals surface area contributed by atoms with Crippen molar-refractivity contribution in [3.63, 3.8) is 0 Å². The number of sulfonamides is 1. The van der Waals surface area contributed by atoms with Gasteiger partial charge in [0.2, 0.25) is 28.6 Å². The van der Waals surface area contributed by atoms with E-state index >= 15 is 0 Å². The molecular weight excluding hydrogens is 434 g/mol. The normalized spacial score (nSPS) is 20.7. The van der Waals surface area contributed by atoms with Gasteiger partial charge in [-0.05, 0) is 49.2 Å². The van der Waals surface area contributed by atoms with Crippen LogP contribution < -0.4 is 19.7 Å². The Balaban J connectivity index is 1.24. The van der Waals surface area contributed by atoms with Crippen molar-refractivity contribution in [1.82, 2.24) is 4.31 Å². The molecular formula is C22H23N3O6S. The van der Waals surface area contributed by atoms with E-state index in [1.807, 2.05) is 0 Å². The fourth-order valence-corrected chi connectivity index (χ4v) is 5.74. The lowest BCUT2D eigenvalue weighted by atomic mass is 10.1. The van der Waals surface area contributed by atoms with Crippen molar-refractivity contribution in [3.05, 3.63) is 42.5 Å². The van der Waals surface area contributed by atoms with E-state index in [1.54, 1.807) is 35.2 Å². The van der Waals surface area contributed by atoms with Gasteiger partial charge in [0.15, 0.2) is 11.5 Å². The molecule has 2 amide bonds. The highest BCUT2D eigenvalue weighted by atomic mass is 32.2. The molecule has 2 saturated heterocycles. The van der Waals surface area contributed by atoms with Crippen molar-refractivity contribution in [1.29, 1.82) is 0 Å². The molecule has 0 radical (unpaired) electrons. The van der Waals surface area contributed by atoms with Crippen LogP contribution in [-0.4, -0.2) is 51.0 Å². The molecule has 0 saturated carbocycles. The number of nitrogens with zero attached hydrogens (tertiary/aromatic N) is 2. The second-order valence-corrected chi connectivity index (χ2v) is 10.0. The highest BCUT2D eigenvalue weighted by molar-refractivity contribution is 7.89. The fourth-order valence-electron chi connectivity index (χ4n) is 4.22. The minimum Gasteiger partial charge on any atom is -0.454 e. The summed E-state index contributed by atoms with van der Waals surface area (Å²) in [4.78, 5) is 27.1. The average Bonchev–Trinajstić information content (AvgIpc) is 3.54. The summed E-state index contributed by atoms with van der Waals surface area (Å²) in [6.07, 6.45) is 1.84. The molecule has 1 atom stereocenters. The van der Waals surface area contributed by atoms with Crippen LogP contribution in [0.1, 0.15) is 19.3 Å². The zero-order valence-electron chi connectivity index (χ0n) is 17.3. The molecule has 9 nitrogen and oxygen atoms in total. The number of nitrogens with one attached hydrogen (secondary N) is 1. The van der Waals surface area contributed by atoms with Crippen molar-refractivity contribution in [2.24, 2.45) is 5.92 Å².